The molecule has 0 aliphatic heterocycles. The molecule has 2 aromatic rings. The van der Waals surface area contributed by atoms with Crippen molar-refractivity contribution in [1.29, 1.82) is 0 Å². The number of aromatic amines is 1. The Morgan fingerprint density at radius 3 is 2.40 bits per heavy atom. The topological polar surface area (TPSA) is 174 Å². The van der Waals surface area contributed by atoms with Gasteiger partial charge in [0.05, 0.1) is 24.7 Å². The van der Waals surface area contributed by atoms with E-state index in [0.29, 0.717) is 11.4 Å². The van der Waals surface area contributed by atoms with E-state index in [2.05, 4.69) is 20.8 Å². The molecule has 5 rings (SSSR count). The SMILES string of the molecule is C1CC2CC2C1.COc1c(NC(/C=C(\N)NC(=O)C2CC2)=C(/N)C(N)=O)cccc1-c1cn[nH]c1. The van der Waals surface area contributed by atoms with Crippen molar-refractivity contribution >= 4 is 17.5 Å². The van der Waals surface area contributed by atoms with E-state index < -0.39 is 5.91 Å². The first-order valence-electron chi connectivity index (χ1n) is 11.9. The molecule has 0 saturated heterocycles. The zero-order valence-corrected chi connectivity index (χ0v) is 19.8. The van der Waals surface area contributed by atoms with Crippen LogP contribution < -0.4 is 32.6 Å². The normalized spacial score (nSPS) is 21.1. The third kappa shape index (κ3) is 6.14. The Bertz CT molecular complexity index is 1130. The molecule has 2 atom stereocenters. The van der Waals surface area contributed by atoms with E-state index in [1.807, 2.05) is 6.07 Å². The van der Waals surface area contributed by atoms with Crippen molar-refractivity contribution in [2.45, 2.75) is 38.5 Å². The quantitative estimate of drug-likeness (QED) is 0.249. The molecule has 0 bridgehead atoms. The number of ether oxygens (including phenoxy) is 1. The summed E-state index contributed by atoms with van der Waals surface area (Å²) in [4.78, 5) is 23.6. The van der Waals surface area contributed by atoms with Crippen LogP contribution in [-0.2, 0) is 9.59 Å². The zero-order valence-electron chi connectivity index (χ0n) is 19.8. The molecule has 3 aliphatic carbocycles. The number of para-hydroxylation sites is 1. The van der Waals surface area contributed by atoms with Crippen LogP contribution in [0.5, 0.6) is 5.75 Å². The van der Waals surface area contributed by atoms with Crippen molar-refractivity contribution in [2.75, 3.05) is 12.4 Å². The van der Waals surface area contributed by atoms with Gasteiger partial charge in [0.15, 0.2) is 0 Å². The summed E-state index contributed by atoms with van der Waals surface area (Å²) < 4.78 is 5.55. The maximum Gasteiger partial charge on any atom is 0.266 e. The minimum absolute atomic E-state index is 0.0254. The van der Waals surface area contributed by atoms with Crippen molar-refractivity contribution in [2.24, 2.45) is 35.0 Å². The molecule has 3 saturated carbocycles. The van der Waals surface area contributed by atoms with Gasteiger partial charge in [-0.2, -0.15) is 5.10 Å². The number of carbonyl (C=O) groups excluding carboxylic acids is 2. The number of fused-ring (bicyclic) bond motifs is 1. The molecule has 1 aromatic carbocycles. The fourth-order valence-electron chi connectivity index (χ4n) is 4.38. The molecule has 9 N–H and O–H groups in total. The number of nitrogens with zero attached hydrogens (tertiary/aromatic N) is 1. The standard InChI is InChI=1S/C19H23N7O3.C6H10/c1-29-17-12(11-8-23-24-9-11)3-2-4-13(17)25-14(16(21)18(22)27)7-15(20)26-19(28)10-5-6-10;1-2-5-4-6(5)3-1/h2-4,7-10,25H,5-6,20-21H2,1H3,(H2,22,27)(H,23,24)(H,26,28);5-6H,1-4H2/b15-7+,16-14+;. The number of hydrogen-bond donors (Lipinski definition) is 6. The van der Waals surface area contributed by atoms with Crippen molar-refractivity contribution in [3.8, 4) is 16.9 Å². The maximum atomic E-state index is 11.9. The molecular weight excluding hydrogens is 446 g/mol. The predicted molar refractivity (Wildman–Crippen MR) is 133 cm³/mol. The van der Waals surface area contributed by atoms with Crippen molar-refractivity contribution < 1.29 is 14.3 Å². The Labute approximate surface area is 204 Å². The number of allylic oxidation sites excluding steroid dienone is 1. The summed E-state index contributed by atoms with van der Waals surface area (Å²) in [6.45, 7) is 0. The third-order valence-electron chi connectivity index (χ3n) is 6.59. The molecule has 0 spiro atoms. The number of carbonyl (C=O) groups is 2. The molecule has 0 radical (unpaired) electrons. The van der Waals surface area contributed by atoms with Crippen molar-refractivity contribution in [3.63, 3.8) is 0 Å². The molecule has 35 heavy (non-hydrogen) atoms. The average Bonchev–Trinajstić information content (AvgIpc) is 3.73. The lowest BCUT2D eigenvalue weighted by Gasteiger charge is -2.16. The first-order valence-corrected chi connectivity index (χ1v) is 11.9. The Morgan fingerprint density at radius 1 is 1.14 bits per heavy atom. The second-order valence-corrected chi connectivity index (χ2v) is 9.24. The van der Waals surface area contributed by atoms with Crippen LogP contribution in [0.3, 0.4) is 0 Å². The predicted octanol–water partition coefficient (Wildman–Crippen LogP) is 2.29. The highest BCUT2D eigenvalue weighted by Crippen LogP contribution is 2.51. The van der Waals surface area contributed by atoms with Crippen LogP contribution in [0.15, 0.2) is 53.9 Å². The summed E-state index contributed by atoms with van der Waals surface area (Å²) in [5.74, 6) is 1.93. The first kappa shape index (κ1) is 24.2. The summed E-state index contributed by atoms with van der Waals surface area (Å²) in [5.41, 5.74) is 19.1. The molecule has 186 valence electrons. The van der Waals surface area contributed by atoms with Gasteiger partial charge in [-0.25, -0.2) is 0 Å². The molecule has 3 fully saturated rings. The molecule has 1 heterocycles. The molecular formula is C25H33N7O3. The molecule has 3 aliphatic rings. The summed E-state index contributed by atoms with van der Waals surface area (Å²) in [7, 11) is 1.52. The number of benzene rings is 1. The van der Waals surface area contributed by atoms with Crippen LogP contribution in [0.1, 0.15) is 38.5 Å². The van der Waals surface area contributed by atoms with Crippen molar-refractivity contribution in [1.82, 2.24) is 15.5 Å². The average molecular weight is 480 g/mol. The van der Waals surface area contributed by atoms with Gasteiger partial charge in [-0.1, -0.05) is 31.4 Å². The van der Waals surface area contributed by atoms with Crippen LogP contribution in [0.25, 0.3) is 11.1 Å². The second-order valence-electron chi connectivity index (χ2n) is 9.24. The number of anilines is 1. The zero-order chi connectivity index (χ0) is 24.9. The number of aromatic nitrogens is 2. The van der Waals surface area contributed by atoms with E-state index in [9.17, 15) is 9.59 Å². The van der Waals surface area contributed by atoms with Crippen molar-refractivity contribution in [3.05, 3.63) is 53.9 Å². The Hall–Kier alpha value is -3.95. The van der Waals surface area contributed by atoms with E-state index >= 15 is 0 Å². The highest BCUT2D eigenvalue weighted by atomic mass is 16.5. The van der Waals surface area contributed by atoms with Gasteiger partial charge in [0.2, 0.25) is 5.91 Å². The van der Waals surface area contributed by atoms with Crippen LogP contribution in [0, 0.1) is 17.8 Å². The van der Waals surface area contributed by atoms with Crippen LogP contribution in [-0.4, -0.2) is 29.1 Å². The highest BCUT2D eigenvalue weighted by molar-refractivity contribution is 5.93. The number of primary amides is 1. The Morgan fingerprint density at radius 2 is 1.89 bits per heavy atom. The van der Waals surface area contributed by atoms with Crippen LogP contribution >= 0.6 is 0 Å². The van der Waals surface area contributed by atoms with Gasteiger partial charge < -0.3 is 32.6 Å². The van der Waals surface area contributed by atoms with E-state index in [0.717, 1.165) is 24.0 Å². The highest BCUT2D eigenvalue weighted by Gasteiger charge is 2.40. The maximum absolute atomic E-state index is 11.9. The third-order valence-corrected chi connectivity index (χ3v) is 6.59. The van der Waals surface area contributed by atoms with Crippen LogP contribution in [0.4, 0.5) is 5.69 Å². The summed E-state index contributed by atoms with van der Waals surface area (Å²) in [5, 5.41) is 12.3. The smallest absolute Gasteiger partial charge is 0.266 e. The molecule has 10 heteroatoms. The van der Waals surface area contributed by atoms with Gasteiger partial charge >= 0.3 is 0 Å². The second kappa shape index (κ2) is 10.5. The molecule has 2 unspecified atom stereocenters. The van der Waals surface area contributed by atoms with Gasteiger partial charge in [0.1, 0.15) is 17.3 Å². The summed E-state index contributed by atoms with van der Waals surface area (Å²) in [6.07, 6.45) is 12.6. The summed E-state index contributed by atoms with van der Waals surface area (Å²) >= 11 is 0. The number of methoxy groups -OCH3 is 1. The van der Waals surface area contributed by atoms with E-state index in [4.69, 9.17) is 21.9 Å². The number of nitrogens with one attached hydrogen (secondary N) is 3. The fraction of sp³-hybridized carbons (Fsp3) is 0.400. The number of nitrogens with two attached hydrogens (primary N) is 3. The molecule has 1 aromatic heterocycles. The van der Waals surface area contributed by atoms with Crippen LogP contribution in [0.2, 0.25) is 0 Å². The number of hydrogen-bond acceptors (Lipinski definition) is 7. The Balaban J connectivity index is 0.000000411. The van der Waals surface area contributed by atoms with E-state index in [-0.39, 0.29) is 29.0 Å². The largest absolute Gasteiger partial charge is 0.494 e. The van der Waals surface area contributed by atoms with E-state index in [1.54, 1.807) is 43.8 Å². The minimum Gasteiger partial charge on any atom is -0.494 e. The summed E-state index contributed by atoms with van der Waals surface area (Å²) in [6, 6.07) is 5.40. The minimum atomic E-state index is -0.838. The molecule has 2 amide bonds. The lowest BCUT2D eigenvalue weighted by Crippen LogP contribution is -2.30. The van der Waals surface area contributed by atoms with Gasteiger partial charge in [-0.05, 0) is 37.2 Å². The van der Waals surface area contributed by atoms with Gasteiger partial charge in [0, 0.05) is 29.3 Å². The van der Waals surface area contributed by atoms with Gasteiger partial charge in [-0.15, -0.1) is 0 Å². The fourth-order valence-corrected chi connectivity index (χ4v) is 4.38. The number of H-pyrrole nitrogens is 1. The lowest BCUT2D eigenvalue weighted by molar-refractivity contribution is -0.121. The number of amides is 2. The first-order chi connectivity index (χ1) is 16.9. The van der Waals surface area contributed by atoms with Gasteiger partial charge in [0.25, 0.3) is 5.91 Å². The molecule has 10 nitrogen and oxygen atoms in total. The van der Waals surface area contributed by atoms with E-state index in [1.165, 1.54) is 31.4 Å². The lowest BCUT2D eigenvalue weighted by atomic mass is 10.1. The monoisotopic (exact) mass is 479 g/mol. The van der Waals surface area contributed by atoms with Gasteiger partial charge in [-0.3, -0.25) is 14.7 Å². The Kier molecular flexibility index (Phi) is 7.28. The number of rotatable bonds is 8.